The number of likely N-dealkylation sites (tertiary alicyclic amines) is 1. The lowest BCUT2D eigenvalue weighted by molar-refractivity contribution is 0.133. The predicted octanol–water partition coefficient (Wildman–Crippen LogP) is 5.27. The minimum Gasteiger partial charge on any atom is -0.460 e. The summed E-state index contributed by atoms with van der Waals surface area (Å²) in [5.41, 5.74) is 5.13. The van der Waals surface area contributed by atoms with E-state index in [0.29, 0.717) is 23.1 Å². The Bertz CT molecular complexity index is 1340. The maximum atomic E-state index is 9.78. The summed E-state index contributed by atoms with van der Waals surface area (Å²) in [5.74, 6) is 1.64. The standard InChI is InChI=1S/C27H30N6O/c1-18-22-8-11-30-25(22)6-5-24(18)31-27-19(14-28)15-29-16-23(27)26-7-4-21(34-26)17-33-12-9-20(10-13-33)32(2)3/h4-8,11,15-16,20,30H,9-10,12-13,17H2,1-3H3,(H,29,31). The van der Waals surface area contributed by atoms with Crippen molar-refractivity contribution in [2.45, 2.75) is 32.4 Å². The molecule has 34 heavy (non-hydrogen) atoms. The zero-order chi connectivity index (χ0) is 23.7. The monoisotopic (exact) mass is 454 g/mol. The van der Waals surface area contributed by atoms with Crippen LogP contribution >= 0.6 is 0 Å². The van der Waals surface area contributed by atoms with Crippen LogP contribution in [0.25, 0.3) is 22.2 Å². The minimum atomic E-state index is 0.481. The molecule has 7 heteroatoms. The number of nitrogens with one attached hydrogen (secondary N) is 2. The van der Waals surface area contributed by atoms with Crippen molar-refractivity contribution < 1.29 is 4.42 Å². The van der Waals surface area contributed by atoms with E-state index in [2.05, 4.69) is 58.2 Å². The summed E-state index contributed by atoms with van der Waals surface area (Å²) >= 11 is 0. The largest absolute Gasteiger partial charge is 0.460 e. The highest BCUT2D eigenvalue weighted by Gasteiger charge is 2.22. The van der Waals surface area contributed by atoms with Gasteiger partial charge in [0.05, 0.1) is 23.4 Å². The van der Waals surface area contributed by atoms with Crippen LogP contribution in [0.3, 0.4) is 0 Å². The maximum Gasteiger partial charge on any atom is 0.138 e. The first-order chi connectivity index (χ1) is 16.5. The number of H-pyrrole nitrogens is 1. The maximum absolute atomic E-state index is 9.78. The molecule has 1 saturated heterocycles. The molecule has 5 rings (SSSR count). The third kappa shape index (κ3) is 4.30. The second kappa shape index (κ2) is 9.34. The molecular formula is C27H30N6O. The van der Waals surface area contributed by atoms with Crippen LogP contribution in [0.1, 0.15) is 29.7 Å². The van der Waals surface area contributed by atoms with Gasteiger partial charge in [-0.3, -0.25) is 9.88 Å². The first kappa shape index (κ1) is 22.2. The molecule has 4 aromatic rings. The van der Waals surface area contributed by atoms with Gasteiger partial charge in [-0.2, -0.15) is 5.26 Å². The Morgan fingerprint density at radius 1 is 1.18 bits per heavy atom. The summed E-state index contributed by atoms with van der Waals surface area (Å²) in [6.07, 6.45) is 7.64. The smallest absolute Gasteiger partial charge is 0.138 e. The van der Waals surface area contributed by atoms with Gasteiger partial charge in [0.25, 0.3) is 0 Å². The summed E-state index contributed by atoms with van der Waals surface area (Å²) in [6.45, 7) is 5.00. The molecule has 0 aliphatic carbocycles. The number of nitriles is 1. The van der Waals surface area contributed by atoms with Crippen molar-refractivity contribution in [1.82, 2.24) is 19.8 Å². The van der Waals surface area contributed by atoms with Crippen LogP contribution in [-0.2, 0) is 6.54 Å². The zero-order valence-corrected chi connectivity index (χ0v) is 19.9. The van der Waals surface area contributed by atoms with Gasteiger partial charge in [0.1, 0.15) is 17.6 Å². The highest BCUT2D eigenvalue weighted by molar-refractivity contribution is 5.91. The fourth-order valence-corrected chi connectivity index (χ4v) is 4.84. The van der Waals surface area contributed by atoms with E-state index in [1.807, 2.05) is 30.5 Å². The first-order valence-electron chi connectivity index (χ1n) is 11.7. The van der Waals surface area contributed by atoms with Crippen molar-refractivity contribution in [3.05, 3.63) is 65.8 Å². The lowest BCUT2D eigenvalue weighted by Gasteiger charge is -2.34. The van der Waals surface area contributed by atoms with Crippen molar-refractivity contribution in [3.63, 3.8) is 0 Å². The van der Waals surface area contributed by atoms with Gasteiger partial charge in [0.2, 0.25) is 0 Å². The summed E-state index contributed by atoms with van der Waals surface area (Å²) in [5, 5.41) is 14.4. The number of pyridine rings is 1. The number of hydrogen-bond donors (Lipinski definition) is 2. The Hall–Kier alpha value is -3.60. The molecule has 0 radical (unpaired) electrons. The lowest BCUT2D eigenvalue weighted by Crippen LogP contribution is -2.41. The minimum absolute atomic E-state index is 0.481. The fourth-order valence-electron chi connectivity index (χ4n) is 4.84. The summed E-state index contributed by atoms with van der Waals surface area (Å²) < 4.78 is 6.27. The van der Waals surface area contributed by atoms with Gasteiger partial charge in [-0.25, -0.2) is 0 Å². The van der Waals surface area contributed by atoms with Crippen LogP contribution in [0.5, 0.6) is 0 Å². The van der Waals surface area contributed by atoms with Crippen LogP contribution in [-0.4, -0.2) is 53.0 Å². The van der Waals surface area contributed by atoms with Crippen molar-refractivity contribution in [3.8, 4) is 17.4 Å². The van der Waals surface area contributed by atoms with E-state index < -0.39 is 0 Å². The van der Waals surface area contributed by atoms with Crippen molar-refractivity contribution in [2.75, 3.05) is 32.5 Å². The van der Waals surface area contributed by atoms with Gasteiger partial charge in [-0.1, -0.05) is 0 Å². The molecule has 0 saturated carbocycles. The number of nitrogens with zero attached hydrogens (tertiary/aromatic N) is 4. The van der Waals surface area contributed by atoms with Gasteiger partial charge in [0.15, 0.2) is 0 Å². The SMILES string of the molecule is Cc1c(Nc2c(C#N)cncc2-c2ccc(CN3CCC(N(C)C)CC3)o2)ccc2[nH]ccc12. The molecular weight excluding hydrogens is 424 g/mol. The Balaban J connectivity index is 1.40. The molecule has 0 amide bonds. The van der Waals surface area contributed by atoms with Crippen LogP contribution < -0.4 is 5.32 Å². The number of hydrogen-bond acceptors (Lipinski definition) is 6. The van der Waals surface area contributed by atoms with Gasteiger partial charge >= 0.3 is 0 Å². The van der Waals surface area contributed by atoms with Crippen LogP contribution in [0.2, 0.25) is 0 Å². The molecule has 1 fully saturated rings. The molecule has 174 valence electrons. The number of aryl methyl sites for hydroxylation is 1. The molecule has 0 atom stereocenters. The Kier molecular flexibility index (Phi) is 6.10. The second-order valence-corrected chi connectivity index (χ2v) is 9.26. The van der Waals surface area contributed by atoms with Crippen LogP contribution in [0.4, 0.5) is 11.4 Å². The quantitative estimate of drug-likeness (QED) is 0.413. The topological polar surface area (TPSA) is 84.1 Å². The third-order valence-corrected chi connectivity index (χ3v) is 6.92. The second-order valence-electron chi connectivity index (χ2n) is 9.26. The molecule has 4 heterocycles. The molecule has 7 nitrogen and oxygen atoms in total. The highest BCUT2D eigenvalue weighted by Crippen LogP contribution is 2.36. The van der Waals surface area contributed by atoms with Gasteiger partial charge in [-0.05, 0) is 69.8 Å². The molecule has 1 aliphatic heterocycles. The van der Waals surface area contributed by atoms with E-state index in [1.54, 1.807) is 12.4 Å². The van der Waals surface area contributed by atoms with E-state index in [0.717, 1.165) is 53.1 Å². The molecule has 3 aromatic heterocycles. The summed E-state index contributed by atoms with van der Waals surface area (Å²) in [7, 11) is 4.32. The lowest BCUT2D eigenvalue weighted by atomic mass is 10.0. The number of rotatable bonds is 6. The average molecular weight is 455 g/mol. The Morgan fingerprint density at radius 3 is 2.76 bits per heavy atom. The van der Waals surface area contributed by atoms with Crippen molar-refractivity contribution in [1.29, 1.82) is 5.26 Å². The highest BCUT2D eigenvalue weighted by atomic mass is 16.3. The zero-order valence-electron chi connectivity index (χ0n) is 19.9. The number of furan rings is 1. The van der Waals surface area contributed by atoms with Crippen LogP contribution in [0.15, 0.2) is 53.3 Å². The Morgan fingerprint density at radius 2 is 2.00 bits per heavy atom. The summed E-state index contributed by atoms with van der Waals surface area (Å²) in [6, 6.07) is 13.1. The molecule has 1 aromatic carbocycles. The van der Waals surface area contributed by atoms with Crippen molar-refractivity contribution in [2.24, 2.45) is 0 Å². The van der Waals surface area contributed by atoms with Crippen molar-refractivity contribution >= 4 is 22.3 Å². The molecule has 2 N–H and O–H groups in total. The first-order valence-corrected chi connectivity index (χ1v) is 11.7. The van der Waals surface area contributed by atoms with E-state index in [-0.39, 0.29) is 0 Å². The number of aromatic nitrogens is 2. The van der Waals surface area contributed by atoms with Gasteiger partial charge in [0, 0.05) is 54.3 Å². The van der Waals surface area contributed by atoms with E-state index in [1.165, 1.54) is 12.8 Å². The number of benzene rings is 1. The Labute approximate surface area is 200 Å². The average Bonchev–Trinajstić information content (AvgIpc) is 3.51. The third-order valence-electron chi connectivity index (χ3n) is 6.92. The van der Waals surface area contributed by atoms with E-state index in [4.69, 9.17) is 4.42 Å². The molecule has 1 aliphatic rings. The van der Waals surface area contributed by atoms with Crippen LogP contribution in [0, 0.1) is 18.3 Å². The predicted molar refractivity (Wildman–Crippen MR) is 135 cm³/mol. The number of piperidine rings is 1. The van der Waals surface area contributed by atoms with Gasteiger partial charge < -0.3 is 19.6 Å². The van der Waals surface area contributed by atoms with E-state index in [9.17, 15) is 5.26 Å². The molecule has 0 unspecified atom stereocenters. The summed E-state index contributed by atoms with van der Waals surface area (Å²) in [4.78, 5) is 12.3. The normalized spacial score (nSPS) is 15.1. The fraction of sp³-hybridized carbons (Fsp3) is 0.333. The molecule has 0 bridgehead atoms. The molecule has 0 spiro atoms. The number of aromatic amines is 1. The van der Waals surface area contributed by atoms with E-state index >= 15 is 0 Å². The van der Waals surface area contributed by atoms with Gasteiger partial charge in [-0.15, -0.1) is 0 Å². The number of fused-ring (bicyclic) bond motifs is 1. The number of anilines is 2.